The van der Waals surface area contributed by atoms with Crippen molar-refractivity contribution in [1.29, 1.82) is 0 Å². The van der Waals surface area contributed by atoms with Crippen molar-refractivity contribution in [2.45, 2.75) is 74.7 Å². The molecule has 34 heavy (non-hydrogen) atoms. The lowest BCUT2D eigenvalue weighted by Gasteiger charge is -2.33. The van der Waals surface area contributed by atoms with Crippen LogP contribution in [0.5, 0.6) is 5.75 Å². The number of nitrogens with one attached hydrogen (secondary N) is 2. The zero-order chi connectivity index (χ0) is 23.9. The lowest BCUT2D eigenvalue weighted by Crippen LogP contribution is -2.57. The number of para-hydroxylation sites is 1. The highest BCUT2D eigenvalue weighted by atomic mass is 35.5. The number of nitrogens with two attached hydrogens (primary N) is 1. The molecule has 4 N–H and O–H groups in total. The summed E-state index contributed by atoms with van der Waals surface area (Å²) < 4.78 is 5.88. The molecule has 4 rings (SSSR count). The molecule has 10 heteroatoms. The average Bonchev–Trinajstić information content (AvgIpc) is 2.99. The number of carbonyl (C=O) groups is 3. The van der Waals surface area contributed by atoms with Gasteiger partial charge in [-0.05, 0) is 50.3 Å². The van der Waals surface area contributed by atoms with E-state index in [-0.39, 0.29) is 40.8 Å². The Kier molecular flexibility index (Phi) is 8.10. The van der Waals surface area contributed by atoms with E-state index in [1.165, 1.54) is 0 Å². The van der Waals surface area contributed by atoms with Crippen molar-refractivity contribution in [1.82, 2.24) is 15.5 Å². The van der Waals surface area contributed by atoms with Gasteiger partial charge in [-0.15, -0.1) is 24.2 Å². The van der Waals surface area contributed by atoms with Crippen molar-refractivity contribution in [2.75, 3.05) is 13.7 Å². The van der Waals surface area contributed by atoms with Crippen LogP contribution in [0.1, 0.15) is 51.5 Å². The summed E-state index contributed by atoms with van der Waals surface area (Å²) in [6.07, 6.45) is 2.00. The minimum atomic E-state index is -0.721. The fraction of sp³-hybridized carbons (Fsp3) is 0.625. The quantitative estimate of drug-likeness (QED) is 0.558. The molecule has 2 fully saturated rings. The van der Waals surface area contributed by atoms with E-state index >= 15 is 0 Å². The van der Waals surface area contributed by atoms with Gasteiger partial charge in [-0.2, -0.15) is 0 Å². The van der Waals surface area contributed by atoms with Crippen LogP contribution in [-0.2, 0) is 14.4 Å². The molecule has 1 aromatic carbocycles. The lowest BCUT2D eigenvalue weighted by molar-refractivity contribution is -0.142. The summed E-state index contributed by atoms with van der Waals surface area (Å²) in [6.45, 7) is 6.34. The normalized spacial score (nSPS) is 30.6. The number of amides is 3. The van der Waals surface area contributed by atoms with Crippen LogP contribution in [0.25, 0.3) is 0 Å². The molecule has 3 aliphatic rings. The van der Waals surface area contributed by atoms with Gasteiger partial charge in [-0.3, -0.25) is 14.4 Å². The molecule has 188 valence electrons. The number of fused-ring (bicyclic) bond motifs is 2. The van der Waals surface area contributed by atoms with Gasteiger partial charge >= 0.3 is 0 Å². The van der Waals surface area contributed by atoms with Gasteiger partial charge in [0.1, 0.15) is 17.8 Å². The van der Waals surface area contributed by atoms with E-state index in [1.54, 1.807) is 30.6 Å². The predicted octanol–water partition coefficient (Wildman–Crippen LogP) is 2.01. The zero-order valence-corrected chi connectivity index (χ0v) is 21.7. The molecule has 0 saturated carbocycles. The Morgan fingerprint density at radius 1 is 1.29 bits per heavy atom. The first kappa shape index (κ1) is 26.6. The number of benzene rings is 1. The first-order valence-corrected chi connectivity index (χ1v) is 12.5. The number of rotatable bonds is 5. The smallest absolute Gasteiger partial charge is 0.246 e. The van der Waals surface area contributed by atoms with Gasteiger partial charge in [-0.25, -0.2) is 0 Å². The van der Waals surface area contributed by atoms with E-state index in [0.29, 0.717) is 19.4 Å². The zero-order valence-electron chi connectivity index (χ0n) is 20.1. The van der Waals surface area contributed by atoms with Crippen LogP contribution in [0.2, 0.25) is 0 Å². The minimum absolute atomic E-state index is 0. The third-order valence-corrected chi connectivity index (χ3v) is 8.83. The maximum absolute atomic E-state index is 13.8. The van der Waals surface area contributed by atoms with Gasteiger partial charge < -0.3 is 26.0 Å². The number of primary amides is 1. The molecule has 3 aliphatic heterocycles. The molecule has 8 nitrogen and oxygen atoms in total. The van der Waals surface area contributed by atoms with Gasteiger partial charge in [0.15, 0.2) is 0 Å². The van der Waals surface area contributed by atoms with Gasteiger partial charge in [0, 0.05) is 11.2 Å². The van der Waals surface area contributed by atoms with Gasteiger partial charge in [0.2, 0.25) is 17.7 Å². The second-order valence-electron chi connectivity index (χ2n) is 9.96. The molecule has 4 unspecified atom stereocenters. The topological polar surface area (TPSA) is 114 Å². The van der Waals surface area contributed by atoms with Crippen LogP contribution in [0.4, 0.5) is 0 Å². The molecular weight excluding hydrogens is 476 g/mol. The number of ether oxygens (including phenoxy) is 1. The molecule has 3 amide bonds. The molecular formula is C24H35ClN4O4S. The average molecular weight is 511 g/mol. The summed E-state index contributed by atoms with van der Waals surface area (Å²) in [5.41, 5.74) is 6.49. The van der Waals surface area contributed by atoms with Crippen LogP contribution in [-0.4, -0.2) is 65.0 Å². The van der Waals surface area contributed by atoms with Crippen molar-refractivity contribution in [2.24, 2.45) is 11.1 Å². The number of carbonyl (C=O) groups excluding carboxylic acids is 3. The fourth-order valence-electron chi connectivity index (χ4n) is 5.44. The second kappa shape index (κ2) is 10.3. The van der Waals surface area contributed by atoms with E-state index in [9.17, 15) is 14.4 Å². The number of thioether (sulfide) groups is 1. The molecule has 0 spiro atoms. The van der Waals surface area contributed by atoms with E-state index in [4.69, 9.17) is 10.5 Å². The van der Waals surface area contributed by atoms with Crippen molar-refractivity contribution in [3.8, 4) is 5.75 Å². The van der Waals surface area contributed by atoms with E-state index < -0.39 is 29.4 Å². The Hall–Kier alpha value is -1.97. The Morgan fingerprint density at radius 2 is 2.00 bits per heavy atom. The molecule has 0 aromatic heterocycles. The number of likely N-dealkylation sites (N-methyl/N-ethyl adjacent to an activating group) is 1. The SMILES string of the molecule is CN[C@@H](C)C(=O)NC1CC([C@@H]2CCOc3ccccc32)SC2CC(C)(C)C(C(N)=O)N2C1=O.Cl. The van der Waals surface area contributed by atoms with Gasteiger partial charge in [0.05, 0.1) is 18.0 Å². The van der Waals surface area contributed by atoms with E-state index in [0.717, 1.165) is 17.7 Å². The van der Waals surface area contributed by atoms with Crippen LogP contribution in [0.15, 0.2) is 24.3 Å². The molecule has 6 atom stereocenters. The highest BCUT2D eigenvalue weighted by molar-refractivity contribution is 8.00. The van der Waals surface area contributed by atoms with Crippen molar-refractivity contribution in [3.63, 3.8) is 0 Å². The monoisotopic (exact) mass is 510 g/mol. The first-order valence-electron chi connectivity index (χ1n) is 11.6. The Balaban J connectivity index is 0.00000324. The number of nitrogens with zero attached hydrogens (tertiary/aromatic N) is 1. The lowest BCUT2D eigenvalue weighted by atomic mass is 9.84. The van der Waals surface area contributed by atoms with Crippen molar-refractivity contribution < 1.29 is 19.1 Å². The summed E-state index contributed by atoms with van der Waals surface area (Å²) in [4.78, 5) is 40.7. The molecule has 0 aliphatic carbocycles. The van der Waals surface area contributed by atoms with Crippen LogP contribution in [0, 0.1) is 5.41 Å². The summed E-state index contributed by atoms with van der Waals surface area (Å²) >= 11 is 1.74. The summed E-state index contributed by atoms with van der Waals surface area (Å²) in [5, 5.41) is 5.79. The highest BCUT2D eigenvalue weighted by Crippen LogP contribution is 2.51. The Labute approximate surface area is 211 Å². The minimum Gasteiger partial charge on any atom is -0.493 e. The largest absolute Gasteiger partial charge is 0.493 e. The Bertz CT molecular complexity index is 945. The summed E-state index contributed by atoms with van der Waals surface area (Å²) in [7, 11) is 1.71. The third kappa shape index (κ3) is 4.88. The predicted molar refractivity (Wildman–Crippen MR) is 135 cm³/mol. The summed E-state index contributed by atoms with van der Waals surface area (Å²) in [5.74, 6) is 0.110. The molecule has 3 heterocycles. The second-order valence-corrected chi connectivity index (χ2v) is 11.4. The molecule has 0 radical (unpaired) electrons. The van der Waals surface area contributed by atoms with Crippen LogP contribution in [0.3, 0.4) is 0 Å². The Morgan fingerprint density at radius 3 is 2.68 bits per heavy atom. The van der Waals surface area contributed by atoms with E-state index in [2.05, 4.69) is 16.7 Å². The van der Waals surface area contributed by atoms with Crippen LogP contribution < -0.4 is 21.1 Å². The number of halogens is 1. The standard InChI is InChI=1S/C24H34N4O4S.ClH/c1-13(26-4)22(30)27-16-11-18(15-9-10-32-17-8-6-5-7-14(15)17)33-19-12-24(2,3)20(21(25)29)28(19)23(16)31;/h5-8,13,15-16,18-20,26H,9-12H2,1-4H3,(H2,25,29)(H,27,30);1H/t13-,15+,16?,18?,19?,20?;/m0./s1. The third-order valence-electron chi connectivity index (χ3n) is 7.25. The molecule has 2 saturated heterocycles. The fourth-order valence-corrected chi connectivity index (χ4v) is 7.50. The molecule has 1 aromatic rings. The van der Waals surface area contributed by atoms with Gasteiger partial charge in [-0.1, -0.05) is 32.0 Å². The summed E-state index contributed by atoms with van der Waals surface area (Å²) in [6, 6.07) is 6.18. The maximum Gasteiger partial charge on any atom is 0.246 e. The first-order chi connectivity index (χ1) is 15.6. The van der Waals surface area contributed by atoms with Gasteiger partial charge in [0.25, 0.3) is 0 Å². The highest BCUT2D eigenvalue weighted by Gasteiger charge is 2.55. The number of hydrogen-bond acceptors (Lipinski definition) is 6. The van der Waals surface area contributed by atoms with Crippen LogP contribution >= 0.6 is 24.2 Å². The number of hydrogen-bond donors (Lipinski definition) is 3. The van der Waals surface area contributed by atoms with Crippen molar-refractivity contribution in [3.05, 3.63) is 29.8 Å². The van der Waals surface area contributed by atoms with Crippen molar-refractivity contribution >= 4 is 41.9 Å². The van der Waals surface area contributed by atoms with E-state index in [1.807, 2.05) is 32.0 Å². The maximum atomic E-state index is 13.8. The molecule has 0 bridgehead atoms.